The summed E-state index contributed by atoms with van der Waals surface area (Å²) in [4.78, 5) is 12.2. The minimum Gasteiger partial charge on any atom is -0.496 e. The molecule has 1 aromatic heterocycles. The van der Waals surface area contributed by atoms with Crippen LogP contribution < -0.4 is 10.1 Å². The Hall–Kier alpha value is -2.03. The normalized spacial score (nSPS) is 10.7. The Morgan fingerprint density at radius 2 is 2.00 bits per heavy atom. The lowest BCUT2D eigenvalue weighted by atomic mass is 10.2. The van der Waals surface area contributed by atoms with Crippen molar-refractivity contribution in [2.75, 3.05) is 18.2 Å². The first-order chi connectivity index (χ1) is 13.0. The number of rotatable bonds is 6. The van der Waals surface area contributed by atoms with E-state index in [4.69, 9.17) is 16.3 Å². The average Bonchev–Trinajstić information content (AvgIpc) is 3.02. The zero-order valence-corrected chi connectivity index (χ0v) is 17.7. The molecule has 0 aliphatic carbocycles. The van der Waals surface area contributed by atoms with Crippen LogP contribution in [0.3, 0.4) is 0 Å². The number of methoxy groups -OCH3 is 1. The number of nitrogens with one attached hydrogen (secondary N) is 1. The predicted molar refractivity (Wildman–Crippen MR) is 111 cm³/mol. The second-order valence-electron chi connectivity index (χ2n) is 5.55. The van der Waals surface area contributed by atoms with Gasteiger partial charge in [-0.25, -0.2) is 0 Å². The minimum atomic E-state index is -0.118. The summed E-state index contributed by atoms with van der Waals surface area (Å²) < 4.78 is 8.15. The minimum absolute atomic E-state index is 0.118. The Morgan fingerprint density at radius 1 is 1.26 bits per heavy atom. The molecule has 0 bridgehead atoms. The van der Waals surface area contributed by atoms with Gasteiger partial charge < -0.3 is 14.6 Å². The van der Waals surface area contributed by atoms with Crippen LogP contribution in [0.5, 0.6) is 5.75 Å². The molecular weight excluding hydrogens is 452 g/mol. The van der Waals surface area contributed by atoms with Gasteiger partial charge >= 0.3 is 0 Å². The number of carbonyl (C=O) groups excluding carboxylic acids is 1. The SMILES string of the molecule is COc1ccc(Cl)cc1-c1nnc(SCC(=O)Nc2ccc(Br)cc2)n1C. The molecule has 6 nitrogen and oxygen atoms in total. The Bertz CT molecular complexity index is 962. The molecule has 0 atom stereocenters. The number of thioether (sulfide) groups is 1. The summed E-state index contributed by atoms with van der Waals surface area (Å²) in [7, 11) is 3.43. The van der Waals surface area contributed by atoms with Gasteiger partial charge in [0.2, 0.25) is 5.91 Å². The molecule has 1 heterocycles. The number of hydrogen-bond acceptors (Lipinski definition) is 5. The van der Waals surface area contributed by atoms with Gasteiger partial charge in [-0.3, -0.25) is 4.79 Å². The standard InChI is InChI=1S/C18H16BrClN4O2S/c1-24-17(14-9-12(20)5-8-15(14)26-2)22-23-18(24)27-10-16(25)21-13-6-3-11(19)4-7-13/h3-9H,10H2,1-2H3,(H,21,25). The summed E-state index contributed by atoms with van der Waals surface area (Å²) in [6.45, 7) is 0. The van der Waals surface area contributed by atoms with Crippen LogP contribution in [0.15, 0.2) is 52.1 Å². The third-order valence-electron chi connectivity index (χ3n) is 3.70. The Labute approximate surface area is 174 Å². The van der Waals surface area contributed by atoms with Crippen molar-refractivity contribution in [3.63, 3.8) is 0 Å². The van der Waals surface area contributed by atoms with E-state index in [1.807, 2.05) is 35.9 Å². The number of carbonyl (C=O) groups is 1. The highest BCUT2D eigenvalue weighted by atomic mass is 79.9. The summed E-state index contributed by atoms with van der Waals surface area (Å²) in [5.74, 6) is 1.37. The lowest BCUT2D eigenvalue weighted by Crippen LogP contribution is -2.14. The van der Waals surface area contributed by atoms with E-state index in [0.717, 1.165) is 15.7 Å². The van der Waals surface area contributed by atoms with Crippen LogP contribution >= 0.6 is 39.3 Å². The quantitative estimate of drug-likeness (QED) is 0.535. The Morgan fingerprint density at radius 3 is 2.70 bits per heavy atom. The number of amides is 1. The van der Waals surface area contributed by atoms with Crippen molar-refractivity contribution in [3.8, 4) is 17.1 Å². The second-order valence-corrected chi connectivity index (χ2v) is 7.85. The first-order valence-corrected chi connectivity index (χ1v) is 10.0. The lowest BCUT2D eigenvalue weighted by molar-refractivity contribution is -0.113. The highest BCUT2D eigenvalue weighted by Gasteiger charge is 2.16. The van der Waals surface area contributed by atoms with Crippen molar-refractivity contribution < 1.29 is 9.53 Å². The molecule has 2 aromatic carbocycles. The molecule has 0 aliphatic heterocycles. The molecule has 0 spiro atoms. The molecule has 0 radical (unpaired) electrons. The van der Waals surface area contributed by atoms with Crippen LogP contribution in [0.4, 0.5) is 5.69 Å². The van der Waals surface area contributed by atoms with E-state index in [9.17, 15) is 4.79 Å². The van der Waals surface area contributed by atoms with Gasteiger partial charge in [-0.2, -0.15) is 0 Å². The van der Waals surface area contributed by atoms with E-state index in [-0.39, 0.29) is 11.7 Å². The maximum atomic E-state index is 12.2. The zero-order valence-electron chi connectivity index (χ0n) is 14.6. The van der Waals surface area contributed by atoms with Gasteiger partial charge in [-0.1, -0.05) is 39.3 Å². The van der Waals surface area contributed by atoms with Gasteiger partial charge in [0.05, 0.1) is 18.4 Å². The third-order valence-corrected chi connectivity index (χ3v) is 5.48. The van der Waals surface area contributed by atoms with Gasteiger partial charge in [0.1, 0.15) is 5.75 Å². The number of nitrogens with zero attached hydrogens (tertiary/aromatic N) is 3. The summed E-state index contributed by atoms with van der Waals surface area (Å²) in [6, 6.07) is 12.7. The molecular formula is C18H16BrClN4O2S. The third kappa shape index (κ3) is 4.82. The molecule has 27 heavy (non-hydrogen) atoms. The topological polar surface area (TPSA) is 69.0 Å². The van der Waals surface area contributed by atoms with E-state index in [0.29, 0.717) is 21.8 Å². The van der Waals surface area contributed by atoms with Crippen molar-refractivity contribution in [2.45, 2.75) is 5.16 Å². The molecule has 3 rings (SSSR count). The van der Waals surface area contributed by atoms with Gasteiger partial charge in [0.25, 0.3) is 0 Å². The highest BCUT2D eigenvalue weighted by Crippen LogP contribution is 2.32. The number of ether oxygens (including phenoxy) is 1. The smallest absolute Gasteiger partial charge is 0.234 e. The van der Waals surface area contributed by atoms with Crippen LogP contribution in [-0.2, 0) is 11.8 Å². The number of halogens is 2. The molecule has 0 fully saturated rings. The van der Waals surface area contributed by atoms with E-state index in [2.05, 4.69) is 31.4 Å². The number of aromatic nitrogens is 3. The second kappa shape index (κ2) is 8.77. The molecule has 0 saturated heterocycles. The molecule has 140 valence electrons. The van der Waals surface area contributed by atoms with Crippen LogP contribution in [0.1, 0.15) is 0 Å². The highest BCUT2D eigenvalue weighted by molar-refractivity contribution is 9.10. The van der Waals surface area contributed by atoms with E-state index in [1.165, 1.54) is 11.8 Å². The number of hydrogen-bond donors (Lipinski definition) is 1. The molecule has 9 heteroatoms. The van der Waals surface area contributed by atoms with Gasteiger partial charge in [0.15, 0.2) is 11.0 Å². The van der Waals surface area contributed by atoms with Crippen molar-refractivity contribution in [1.29, 1.82) is 0 Å². The van der Waals surface area contributed by atoms with Crippen molar-refractivity contribution in [3.05, 3.63) is 52.0 Å². The fraction of sp³-hybridized carbons (Fsp3) is 0.167. The molecule has 0 unspecified atom stereocenters. The van der Waals surface area contributed by atoms with Crippen LogP contribution in [0.2, 0.25) is 5.02 Å². The fourth-order valence-electron chi connectivity index (χ4n) is 2.39. The summed E-state index contributed by atoms with van der Waals surface area (Å²) in [6.07, 6.45) is 0. The molecule has 0 saturated carbocycles. The molecule has 1 amide bonds. The maximum Gasteiger partial charge on any atom is 0.234 e. The summed E-state index contributed by atoms with van der Waals surface area (Å²) >= 11 is 10.8. The van der Waals surface area contributed by atoms with E-state index >= 15 is 0 Å². The Kier molecular flexibility index (Phi) is 6.41. The van der Waals surface area contributed by atoms with E-state index < -0.39 is 0 Å². The summed E-state index contributed by atoms with van der Waals surface area (Å²) in [5.41, 5.74) is 1.48. The largest absolute Gasteiger partial charge is 0.496 e. The predicted octanol–water partition coefficient (Wildman–Crippen LogP) is 4.64. The average molecular weight is 468 g/mol. The van der Waals surface area contributed by atoms with Crippen LogP contribution in [0, 0.1) is 0 Å². The summed E-state index contributed by atoms with van der Waals surface area (Å²) in [5, 5.41) is 12.5. The van der Waals surface area contributed by atoms with Gasteiger partial charge in [0, 0.05) is 22.2 Å². The maximum absolute atomic E-state index is 12.2. The van der Waals surface area contributed by atoms with Crippen molar-refractivity contribution >= 4 is 50.9 Å². The first kappa shape index (κ1) is 19.7. The van der Waals surface area contributed by atoms with Crippen molar-refractivity contribution in [2.24, 2.45) is 7.05 Å². The monoisotopic (exact) mass is 466 g/mol. The van der Waals surface area contributed by atoms with E-state index in [1.54, 1.807) is 25.3 Å². The van der Waals surface area contributed by atoms with Gasteiger partial charge in [-0.15, -0.1) is 10.2 Å². The lowest BCUT2D eigenvalue weighted by Gasteiger charge is -2.09. The molecule has 0 aliphatic rings. The first-order valence-electron chi connectivity index (χ1n) is 7.89. The zero-order chi connectivity index (χ0) is 19.4. The number of anilines is 1. The Balaban J connectivity index is 1.70. The van der Waals surface area contributed by atoms with Gasteiger partial charge in [-0.05, 0) is 42.5 Å². The van der Waals surface area contributed by atoms with Crippen LogP contribution in [-0.4, -0.2) is 33.5 Å². The molecule has 1 N–H and O–H groups in total. The van der Waals surface area contributed by atoms with Crippen LogP contribution in [0.25, 0.3) is 11.4 Å². The molecule has 3 aromatic rings. The van der Waals surface area contributed by atoms with Crippen molar-refractivity contribution in [1.82, 2.24) is 14.8 Å². The fourth-order valence-corrected chi connectivity index (χ4v) is 3.54. The number of benzene rings is 2.